The van der Waals surface area contributed by atoms with Crippen LogP contribution in [-0.4, -0.2) is 27.0 Å². The third-order valence-corrected chi connectivity index (χ3v) is 1.30. The second kappa shape index (κ2) is 3.48. The van der Waals surface area contributed by atoms with E-state index in [1.807, 2.05) is 29.9 Å². The predicted octanol–water partition coefficient (Wildman–Crippen LogP) is 0.597. The zero-order valence-electron chi connectivity index (χ0n) is 5.91. The first-order valence-electron chi connectivity index (χ1n) is 3.10. The third-order valence-electron chi connectivity index (χ3n) is 1.14. The molecule has 10 heavy (non-hydrogen) atoms. The van der Waals surface area contributed by atoms with Crippen LogP contribution in [0.5, 0.6) is 0 Å². The van der Waals surface area contributed by atoms with E-state index in [0.717, 1.165) is 6.54 Å². The van der Waals surface area contributed by atoms with Gasteiger partial charge in [-0.3, -0.25) is 4.98 Å². The Kier molecular flexibility index (Phi) is 2.59. The Balaban J connectivity index is 2.59. The molecule has 1 rings (SSSR count). The first-order chi connectivity index (χ1) is 4.79. The van der Waals surface area contributed by atoms with Crippen LogP contribution in [0.2, 0.25) is 0 Å². The van der Waals surface area contributed by atoms with Crippen molar-refractivity contribution in [3.63, 3.8) is 0 Å². The first-order valence-corrected chi connectivity index (χ1v) is 3.55. The fraction of sp³-hybridized carbons (Fsp3) is 0.286. The van der Waals surface area contributed by atoms with Gasteiger partial charge in [0.25, 0.3) is 0 Å². The van der Waals surface area contributed by atoms with Crippen molar-refractivity contribution in [1.29, 1.82) is 0 Å². The van der Waals surface area contributed by atoms with Crippen molar-refractivity contribution < 1.29 is 0 Å². The van der Waals surface area contributed by atoms with Gasteiger partial charge in [-0.15, -0.1) is 0 Å². The summed E-state index contributed by atoms with van der Waals surface area (Å²) in [6, 6.07) is 3.98. The Hall–Kier alpha value is -0.673. The van der Waals surface area contributed by atoms with Crippen molar-refractivity contribution in [2.24, 2.45) is 0 Å². The van der Waals surface area contributed by atoms with E-state index in [0.29, 0.717) is 0 Å². The minimum Gasteiger partial charge on any atom is -0.326 e. The smallest absolute Gasteiger partial charge is 0.143 e. The summed E-state index contributed by atoms with van der Waals surface area (Å²) >= 11 is 0. The summed E-state index contributed by atoms with van der Waals surface area (Å²) in [5.74, 6) is 0. The van der Waals surface area contributed by atoms with Gasteiger partial charge >= 0.3 is 0 Å². The third kappa shape index (κ3) is 2.29. The molecule has 0 aliphatic carbocycles. The maximum Gasteiger partial charge on any atom is 0.143 e. The molecule has 0 fully saturated rings. The van der Waals surface area contributed by atoms with E-state index in [4.69, 9.17) is 0 Å². The molecule has 0 N–H and O–H groups in total. The molecule has 1 heterocycles. The maximum absolute atomic E-state index is 3.99. The van der Waals surface area contributed by atoms with Crippen molar-refractivity contribution in [1.82, 2.24) is 9.55 Å². The van der Waals surface area contributed by atoms with Crippen LogP contribution < -0.4 is 0 Å². The number of hydrogen-bond acceptors (Lipinski definition) is 2. The molecule has 2 nitrogen and oxygen atoms in total. The molecule has 3 heteroatoms. The van der Waals surface area contributed by atoms with Crippen LogP contribution in [0.1, 0.15) is 5.56 Å². The largest absolute Gasteiger partial charge is 0.326 e. The number of aromatic nitrogens is 1. The van der Waals surface area contributed by atoms with Crippen molar-refractivity contribution in [3.05, 3.63) is 30.1 Å². The highest BCUT2D eigenvalue weighted by molar-refractivity contribution is 6.04. The quantitative estimate of drug-likeness (QED) is 0.572. The van der Waals surface area contributed by atoms with Gasteiger partial charge in [-0.2, -0.15) is 0 Å². The van der Waals surface area contributed by atoms with E-state index >= 15 is 0 Å². The molecule has 0 saturated carbocycles. The highest BCUT2D eigenvalue weighted by Crippen LogP contribution is 1.96. The van der Waals surface area contributed by atoms with E-state index < -0.39 is 0 Å². The lowest BCUT2D eigenvalue weighted by Gasteiger charge is -2.07. The molecule has 0 atom stereocenters. The average molecular weight is 149 g/mol. The number of pyridine rings is 1. The second-order valence-corrected chi connectivity index (χ2v) is 2.98. The maximum atomic E-state index is 3.99. The van der Waals surface area contributed by atoms with Crippen molar-refractivity contribution in [2.45, 2.75) is 6.54 Å². The minimum absolute atomic E-state index is 0.880. The molecule has 1 aromatic rings. The van der Waals surface area contributed by atoms with Gasteiger partial charge in [-0.1, -0.05) is 6.07 Å². The number of rotatable bonds is 2. The monoisotopic (exact) mass is 149 g/mol. The zero-order chi connectivity index (χ0) is 7.40. The highest BCUT2D eigenvalue weighted by atomic mass is 28.2. The van der Waals surface area contributed by atoms with E-state index in [2.05, 4.69) is 15.4 Å². The molecule has 0 bridgehead atoms. The molecule has 0 spiro atoms. The van der Waals surface area contributed by atoms with Gasteiger partial charge in [0.2, 0.25) is 0 Å². The van der Waals surface area contributed by atoms with Crippen molar-refractivity contribution in [2.75, 3.05) is 7.05 Å². The Morgan fingerprint density at radius 1 is 1.70 bits per heavy atom. The lowest BCUT2D eigenvalue weighted by Crippen LogP contribution is -2.12. The van der Waals surface area contributed by atoms with Gasteiger partial charge in [-0.25, -0.2) is 0 Å². The Bertz CT molecular complexity index is 186. The fourth-order valence-electron chi connectivity index (χ4n) is 0.766. The van der Waals surface area contributed by atoms with Crippen molar-refractivity contribution >= 4 is 10.4 Å². The predicted molar refractivity (Wildman–Crippen MR) is 41.5 cm³/mol. The molecule has 1 aromatic heterocycles. The van der Waals surface area contributed by atoms with Crippen LogP contribution in [0.4, 0.5) is 0 Å². The molecule has 51 valence electrons. The summed E-state index contributed by atoms with van der Waals surface area (Å²) in [5, 5.41) is 0. The van der Waals surface area contributed by atoms with Gasteiger partial charge < -0.3 is 4.57 Å². The van der Waals surface area contributed by atoms with Crippen LogP contribution in [0.3, 0.4) is 0 Å². The molecule has 0 unspecified atom stereocenters. The minimum atomic E-state index is 0.880. The number of nitrogens with zero attached hydrogens (tertiary/aromatic N) is 2. The van der Waals surface area contributed by atoms with Gasteiger partial charge in [0.1, 0.15) is 10.4 Å². The second-order valence-electron chi connectivity index (χ2n) is 2.22. The van der Waals surface area contributed by atoms with Crippen LogP contribution in [0, 0.1) is 0 Å². The normalized spacial score (nSPS) is 10.3. The molecule has 0 aliphatic heterocycles. The molecule has 0 amide bonds. The molecule has 3 radical (unpaired) electrons. The van der Waals surface area contributed by atoms with Crippen molar-refractivity contribution in [3.8, 4) is 0 Å². The summed E-state index contributed by atoms with van der Waals surface area (Å²) in [4.78, 5) is 3.99. The Labute approximate surface area is 64.4 Å². The van der Waals surface area contributed by atoms with Crippen LogP contribution in [-0.2, 0) is 6.54 Å². The average Bonchev–Trinajstić information content (AvgIpc) is 1.88. The van der Waals surface area contributed by atoms with Gasteiger partial charge in [-0.05, 0) is 18.7 Å². The first kappa shape index (κ1) is 7.43. The standard InChI is InChI=1S/C7H9N2Si/c1-9(10)6-7-3-2-4-8-5-7/h2-5H,6H2,1H3. The van der Waals surface area contributed by atoms with E-state index in [9.17, 15) is 0 Å². The molecular formula is C7H9N2Si. The van der Waals surface area contributed by atoms with E-state index in [-0.39, 0.29) is 0 Å². The molecule has 0 aromatic carbocycles. The molecular weight excluding hydrogens is 140 g/mol. The van der Waals surface area contributed by atoms with E-state index in [1.165, 1.54) is 5.56 Å². The van der Waals surface area contributed by atoms with Gasteiger partial charge in [0.05, 0.1) is 0 Å². The topological polar surface area (TPSA) is 16.1 Å². The SMILES string of the molecule is CN([Si])Cc1cccnc1. The highest BCUT2D eigenvalue weighted by Gasteiger charge is 1.91. The van der Waals surface area contributed by atoms with Gasteiger partial charge in [0, 0.05) is 18.9 Å². The fourth-order valence-corrected chi connectivity index (χ4v) is 0.948. The number of hydrogen-bond donors (Lipinski definition) is 0. The molecule has 0 saturated heterocycles. The van der Waals surface area contributed by atoms with Crippen LogP contribution in [0.25, 0.3) is 0 Å². The summed E-state index contributed by atoms with van der Waals surface area (Å²) in [6.45, 7) is 0.880. The lowest BCUT2D eigenvalue weighted by atomic mass is 10.3. The Morgan fingerprint density at radius 2 is 2.50 bits per heavy atom. The summed E-state index contributed by atoms with van der Waals surface area (Å²) < 4.78 is 1.93. The van der Waals surface area contributed by atoms with Crippen LogP contribution in [0.15, 0.2) is 24.5 Å². The summed E-state index contributed by atoms with van der Waals surface area (Å²) in [7, 11) is 5.33. The zero-order valence-corrected chi connectivity index (χ0v) is 6.91. The van der Waals surface area contributed by atoms with E-state index in [1.54, 1.807) is 6.20 Å². The lowest BCUT2D eigenvalue weighted by molar-refractivity contribution is 0.543. The van der Waals surface area contributed by atoms with Gasteiger partial charge in [0.15, 0.2) is 0 Å². The summed E-state index contributed by atoms with van der Waals surface area (Å²) in [6.07, 6.45) is 3.63. The Morgan fingerprint density at radius 3 is 3.00 bits per heavy atom. The molecule has 0 aliphatic rings. The summed E-state index contributed by atoms with van der Waals surface area (Å²) in [5.41, 5.74) is 1.21. The van der Waals surface area contributed by atoms with Crippen LogP contribution >= 0.6 is 0 Å².